The van der Waals surface area contributed by atoms with E-state index in [9.17, 15) is 19.5 Å². The highest BCUT2D eigenvalue weighted by atomic mass is 16.6. The van der Waals surface area contributed by atoms with E-state index >= 15 is 0 Å². The normalized spacial score (nSPS) is 16.1. The number of amides is 3. The van der Waals surface area contributed by atoms with Gasteiger partial charge in [-0.15, -0.1) is 0 Å². The first-order chi connectivity index (χ1) is 17.0. The lowest BCUT2D eigenvalue weighted by Gasteiger charge is -2.36. The standard InChI is InChI=1S/C28H43N3O5/c1-7-20-12-11-13-21(18-20)24(25(33)29-22-14-9-8-10-15-22)31(16-17-32)26(34)23(19(2)3)30-27(35)36-28(4,5)6/h7,11-13,18-19,22-24,32H,1,8-10,14-17H2,2-6H3,(H,29,33)(H,30,35). The van der Waals surface area contributed by atoms with E-state index in [-0.39, 0.29) is 31.0 Å². The number of ether oxygens (including phenoxy) is 1. The molecule has 0 aromatic heterocycles. The number of nitrogens with zero attached hydrogens (tertiary/aromatic N) is 1. The molecule has 0 radical (unpaired) electrons. The quantitative estimate of drug-likeness (QED) is 0.446. The van der Waals surface area contributed by atoms with Gasteiger partial charge < -0.3 is 25.4 Å². The first kappa shape index (κ1) is 29.4. The van der Waals surface area contributed by atoms with E-state index in [0.717, 1.165) is 37.7 Å². The van der Waals surface area contributed by atoms with Gasteiger partial charge in [0, 0.05) is 12.6 Å². The van der Waals surface area contributed by atoms with Crippen LogP contribution >= 0.6 is 0 Å². The van der Waals surface area contributed by atoms with Crippen LogP contribution in [0.5, 0.6) is 0 Å². The van der Waals surface area contributed by atoms with Crippen molar-refractivity contribution in [3.05, 3.63) is 42.0 Å². The molecular weight excluding hydrogens is 458 g/mol. The number of benzene rings is 1. The molecule has 2 atom stereocenters. The molecule has 1 aromatic rings. The van der Waals surface area contributed by atoms with Crippen LogP contribution in [0.1, 0.15) is 83.9 Å². The maximum atomic E-state index is 13.9. The molecule has 1 fully saturated rings. The van der Waals surface area contributed by atoms with Crippen molar-refractivity contribution in [1.82, 2.24) is 15.5 Å². The molecule has 2 unspecified atom stereocenters. The van der Waals surface area contributed by atoms with Crippen LogP contribution in [0.4, 0.5) is 4.79 Å². The van der Waals surface area contributed by atoms with E-state index in [1.54, 1.807) is 32.9 Å². The van der Waals surface area contributed by atoms with Crippen molar-refractivity contribution >= 4 is 24.0 Å². The summed E-state index contributed by atoms with van der Waals surface area (Å²) in [6.07, 6.45) is 6.02. The molecule has 0 heterocycles. The van der Waals surface area contributed by atoms with Gasteiger partial charge in [0.05, 0.1) is 6.61 Å². The number of rotatable bonds is 10. The predicted octanol–water partition coefficient (Wildman–Crippen LogP) is 4.19. The van der Waals surface area contributed by atoms with Crippen molar-refractivity contribution < 1.29 is 24.2 Å². The Labute approximate surface area is 215 Å². The first-order valence-corrected chi connectivity index (χ1v) is 12.9. The van der Waals surface area contributed by atoms with Gasteiger partial charge in [-0.2, -0.15) is 0 Å². The summed E-state index contributed by atoms with van der Waals surface area (Å²) in [5, 5.41) is 15.7. The minimum atomic E-state index is -0.979. The van der Waals surface area contributed by atoms with Crippen LogP contribution in [0.2, 0.25) is 0 Å². The van der Waals surface area contributed by atoms with Gasteiger partial charge in [0.15, 0.2) is 0 Å². The third-order valence-corrected chi connectivity index (χ3v) is 6.20. The predicted molar refractivity (Wildman–Crippen MR) is 141 cm³/mol. The van der Waals surface area contributed by atoms with Crippen molar-refractivity contribution in [3.63, 3.8) is 0 Å². The number of aliphatic hydroxyl groups is 1. The summed E-state index contributed by atoms with van der Waals surface area (Å²) in [7, 11) is 0. The molecule has 1 saturated carbocycles. The fourth-order valence-corrected chi connectivity index (χ4v) is 4.46. The third kappa shape index (κ3) is 8.66. The van der Waals surface area contributed by atoms with Gasteiger partial charge in [-0.25, -0.2) is 4.79 Å². The highest BCUT2D eigenvalue weighted by molar-refractivity contribution is 5.92. The summed E-state index contributed by atoms with van der Waals surface area (Å²) in [5.41, 5.74) is 0.696. The molecule has 0 spiro atoms. The lowest BCUT2D eigenvalue weighted by Crippen LogP contribution is -2.56. The number of aliphatic hydroxyl groups excluding tert-OH is 1. The van der Waals surface area contributed by atoms with Crippen LogP contribution in [-0.2, 0) is 14.3 Å². The maximum Gasteiger partial charge on any atom is 0.408 e. The van der Waals surface area contributed by atoms with E-state index in [1.165, 1.54) is 4.90 Å². The van der Waals surface area contributed by atoms with E-state index in [2.05, 4.69) is 17.2 Å². The molecule has 3 amide bonds. The molecule has 8 nitrogen and oxygen atoms in total. The Morgan fingerprint density at radius 2 is 1.86 bits per heavy atom. The van der Waals surface area contributed by atoms with Crippen LogP contribution in [0, 0.1) is 5.92 Å². The Bertz CT molecular complexity index is 903. The zero-order valence-electron chi connectivity index (χ0n) is 22.4. The Morgan fingerprint density at radius 1 is 1.19 bits per heavy atom. The largest absolute Gasteiger partial charge is 0.444 e. The molecule has 0 aliphatic heterocycles. The van der Waals surface area contributed by atoms with Gasteiger partial charge in [-0.1, -0.05) is 64.0 Å². The molecule has 2 rings (SSSR count). The summed E-state index contributed by atoms with van der Waals surface area (Å²) in [5.74, 6) is -1.05. The Morgan fingerprint density at radius 3 is 2.42 bits per heavy atom. The monoisotopic (exact) mass is 501 g/mol. The fraction of sp³-hybridized carbons (Fsp3) is 0.607. The van der Waals surface area contributed by atoms with E-state index in [1.807, 2.05) is 32.0 Å². The van der Waals surface area contributed by atoms with Gasteiger partial charge in [0.25, 0.3) is 0 Å². The summed E-state index contributed by atoms with van der Waals surface area (Å²) in [6.45, 7) is 12.3. The van der Waals surface area contributed by atoms with E-state index < -0.39 is 29.7 Å². The molecule has 3 N–H and O–H groups in total. The minimum absolute atomic E-state index is 0.0446. The first-order valence-electron chi connectivity index (χ1n) is 12.9. The van der Waals surface area contributed by atoms with Crippen molar-refractivity contribution in [2.24, 2.45) is 5.92 Å². The third-order valence-electron chi connectivity index (χ3n) is 6.20. The van der Waals surface area contributed by atoms with Gasteiger partial charge in [-0.05, 0) is 56.7 Å². The highest BCUT2D eigenvalue weighted by Gasteiger charge is 2.38. The smallest absolute Gasteiger partial charge is 0.408 e. The van der Waals surface area contributed by atoms with Crippen LogP contribution in [0.15, 0.2) is 30.8 Å². The van der Waals surface area contributed by atoms with Gasteiger partial charge in [0.2, 0.25) is 11.8 Å². The second-order valence-electron chi connectivity index (χ2n) is 10.7. The Kier molecular flexibility index (Phi) is 11.0. The van der Waals surface area contributed by atoms with E-state index in [0.29, 0.717) is 5.56 Å². The number of carbonyl (C=O) groups excluding carboxylic acids is 3. The summed E-state index contributed by atoms with van der Waals surface area (Å²) in [4.78, 5) is 41.5. The highest BCUT2D eigenvalue weighted by Crippen LogP contribution is 2.26. The summed E-state index contributed by atoms with van der Waals surface area (Å²) >= 11 is 0. The number of hydrogen-bond acceptors (Lipinski definition) is 5. The molecule has 1 aromatic carbocycles. The molecule has 36 heavy (non-hydrogen) atoms. The molecular formula is C28H43N3O5. The summed E-state index contributed by atoms with van der Waals surface area (Å²) < 4.78 is 5.37. The maximum absolute atomic E-state index is 13.9. The number of alkyl carbamates (subject to hydrolysis) is 1. The molecule has 0 bridgehead atoms. The lowest BCUT2D eigenvalue weighted by molar-refractivity contribution is -0.144. The van der Waals surface area contributed by atoms with Gasteiger partial charge >= 0.3 is 6.09 Å². The molecule has 8 heteroatoms. The van der Waals surface area contributed by atoms with Crippen LogP contribution in [0.25, 0.3) is 6.08 Å². The second kappa shape index (κ2) is 13.4. The van der Waals surface area contributed by atoms with E-state index in [4.69, 9.17) is 4.74 Å². The lowest BCUT2D eigenvalue weighted by atomic mass is 9.94. The van der Waals surface area contributed by atoms with Crippen molar-refractivity contribution in [2.75, 3.05) is 13.2 Å². The second-order valence-corrected chi connectivity index (χ2v) is 10.7. The van der Waals surface area contributed by atoms with Crippen LogP contribution in [0.3, 0.4) is 0 Å². The zero-order valence-corrected chi connectivity index (χ0v) is 22.4. The Hall–Kier alpha value is -2.87. The molecule has 200 valence electrons. The number of carbonyl (C=O) groups is 3. The molecule has 0 saturated heterocycles. The van der Waals surface area contributed by atoms with Crippen molar-refractivity contribution in [3.8, 4) is 0 Å². The number of hydrogen-bond donors (Lipinski definition) is 3. The SMILES string of the molecule is C=Cc1cccc(C(C(=O)NC2CCCCC2)N(CCO)C(=O)C(NC(=O)OC(C)(C)C)C(C)C)c1. The zero-order chi connectivity index (χ0) is 26.9. The van der Waals surface area contributed by atoms with Crippen LogP contribution < -0.4 is 10.6 Å². The molecule has 1 aliphatic rings. The Balaban J connectivity index is 2.44. The van der Waals surface area contributed by atoms with Gasteiger partial charge in [-0.3, -0.25) is 9.59 Å². The van der Waals surface area contributed by atoms with Gasteiger partial charge in [0.1, 0.15) is 17.7 Å². The average Bonchev–Trinajstić information content (AvgIpc) is 2.81. The molecule has 1 aliphatic carbocycles. The van der Waals surface area contributed by atoms with Crippen molar-refractivity contribution in [2.45, 2.75) is 90.4 Å². The average molecular weight is 502 g/mol. The van der Waals surface area contributed by atoms with Crippen LogP contribution in [-0.4, -0.2) is 58.8 Å². The fourth-order valence-electron chi connectivity index (χ4n) is 4.46. The number of nitrogens with one attached hydrogen (secondary N) is 2. The topological polar surface area (TPSA) is 108 Å². The van der Waals surface area contributed by atoms with Crippen molar-refractivity contribution in [1.29, 1.82) is 0 Å². The summed E-state index contributed by atoms with van der Waals surface area (Å²) in [6, 6.07) is 5.41. The minimum Gasteiger partial charge on any atom is -0.444 e.